The third kappa shape index (κ3) is 3.10. The van der Waals surface area contributed by atoms with E-state index in [9.17, 15) is 0 Å². The van der Waals surface area contributed by atoms with Gasteiger partial charge in [0, 0.05) is 24.7 Å². The van der Waals surface area contributed by atoms with Gasteiger partial charge in [-0.15, -0.1) is 0 Å². The Bertz CT molecular complexity index is 437. The summed E-state index contributed by atoms with van der Waals surface area (Å²) >= 11 is 0. The minimum atomic E-state index is 0.159. The van der Waals surface area contributed by atoms with E-state index in [0.717, 1.165) is 18.8 Å². The summed E-state index contributed by atoms with van der Waals surface area (Å²) in [6, 6.07) is 7.28. The molecule has 2 unspecified atom stereocenters. The molecule has 1 saturated heterocycles. The molecule has 0 amide bonds. The molecule has 2 rings (SSSR count). The van der Waals surface area contributed by atoms with Gasteiger partial charge >= 0.3 is 0 Å². The predicted molar refractivity (Wildman–Crippen MR) is 79.9 cm³/mol. The number of ether oxygens (including phenoxy) is 1. The van der Waals surface area contributed by atoms with E-state index in [2.05, 4.69) is 56.5 Å². The topological polar surface area (TPSA) is 33.3 Å². The summed E-state index contributed by atoms with van der Waals surface area (Å²) in [5.74, 6) is 0.973. The fraction of sp³-hybridized carbons (Fsp3) is 0.625. The lowest BCUT2D eigenvalue weighted by Gasteiger charge is -2.33. The molecule has 106 valence electrons. The van der Waals surface area contributed by atoms with Crippen LogP contribution in [0.1, 0.15) is 44.9 Å². The van der Waals surface area contributed by atoms with Crippen molar-refractivity contribution in [2.24, 2.45) is 0 Å². The van der Waals surface area contributed by atoms with E-state index >= 15 is 0 Å². The molecule has 1 fully saturated rings. The molecule has 0 saturated carbocycles. The quantitative estimate of drug-likeness (QED) is 0.859. The Hall–Kier alpha value is -1.06. The number of rotatable bonds is 2. The number of piperazine rings is 1. The van der Waals surface area contributed by atoms with E-state index < -0.39 is 0 Å². The maximum Gasteiger partial charge on any atom is 0.123 e. The Morgan fingerprint density at radius 2 is 1.84 bits per heavy atom. The standard InChI is InChI=1S/C16H26N2O/c1-11-15(18-9-8-17-11)13-10-12(16(2,3)4)6-7-14(13)19-5/h6-7,10-11,15,17-18H,8-9H2,1-5H3. The Morgan fingerprint density at radius 1 is 1.16 bits per heavy atom. The summed E-state index contributed by atoms with van der Waals surface area (Å²) < 4.78 is 5.55. The summed E-state index contributed by atoms with van der Waals surface area (Å²) in [5, 5.41) is 7.12. The van der Waals surface area contributed by atoms with Gasteiger partial charge in [0.15, 0.2) is 0 Å². The van der Waals surface area contributed by atoms with Crippen molar-refractivity contribution in [2.75, 3.05) is 20.2 Å². The van der Waals surface area contributed by atoms with Crippen LogP contribution in [0.3, 0.4) is 0 Å². The minimum absolute atomic E-state index is 0.159. The van der Waals surface area contributed by atoms with E-state index in [0.29, 0.717) is 12.1 Å². The highest BCUT2D eigenvalue weighted by molar-refractivity contribution is 5.42. The highest BCUT2D eigenvalue weighted by Crippen LogP contribution is 2.33. The van der Waals surface area contributed by atoms with Crippen molar-refractivity contribution in [3.05, 3.63) is 29.3 Å². The van der Waals surface area contributed by atoms with Gasteiger partial charge in [-0.25, -0.2) is 0 Å². The van der Waals surface area contributed by atoms with Gasteiger partial charge in [0.2, 0.25) is 0 Å². The Labute approximate surface area is 116 Å². The summed E-state index contributed by atoms with van der Waals surface area (Å²) in [6.07, 6.45) is 0. The second-order valence-electron chi connectivity index (χ2n) is 6.38. The van der Waals surface area contributed by atoms with Crippen molar-refractivity contribution in [1.82, 2.24) is 10.6 Å². The van der Waals surface area contributed by atoms with Crippen molar-refractivity contribution >= 4 is 0 Å². The first-order chi connectivity index (χ1) is 8.93. The first kappa shape index (κ1) is 14.4. The van der Waals surface area contributed by atoms with E-state index in [4.69, 9.17) is 4.74 Å². The van der Waals surface area contributed by atoms with Crippen LogP contribution in [0.2, 0.25) is 0 Å². The maximum absolute atomic E-state index is 5.55. The average Bonchev–Trinajstić information content (AvgIpc) is 2.37. The summed E-state index contributed by atoms with van der Waals surface area (Å²) in [6.45, 7) is 11.0. The van der Waals surface area contributed by atoms with Gasteiger partial charge < -0.3 is 15.4 Å². The summed E-state index contributed by atoms with van der Waals surface area (Å²) in [4.78, 5) is 0. The molecular formula is C16H26N2O. The molecule has 3 nitrogen and oxygen atoms in total. The molecule has 1 aromatic carbocycles. The van der Waals surface area contributed by atoms with Crippen LogP contribution in [0.15, 0.2) is 18.2 Å². The van der Waals surface area contributed by atoms with Crippen LogP contribution >= 0.6 is 0 Å². The zero-order valence-electron chi connectivity index (χ0n) is 12.7. The van der Waals surface area contributed by atoms with E-state index in [-0.39, 0.29) is 5.41 Å². The Morgan fingerprint density at radius 3 is 2.42 bits per heavy atom. The molecule has 1 aromatic rings. The normalized spacial score (nSPS) is 24.3. The van der Waals surface area contributed by atoms with Crippen LogP contribution < -0.4 is 15.4 Å². The van der Waals surface area contributed by atoms with Gasteiger partial charge in [-0.1, -0.05) is 26.8 Å². The maximum atomic E-state index is 5.55. The first-order valence-corrected chi connectivity index (χ1v) is 7.08. The lowest BCUT2D eigenvalue weighted by molar-refractivity contribution is 0.329. The van der Waals surface area contributed by atoms with Gasteiger partial charge in [-0.2, -0.15) is 0 Å². The van der Waals surface area contributed by atoms with Crippen molar-refractivity contribution in [3.63, 3.8) is 0 Å². The lowest BCUT2D eigenvalue weighted by Crippen LogP contribution is -2.49. The number of hydrogen-bond donors (Lipinski definition) is 2. The van der Waals surface area contributed by atoms with Crippen molar-refractivity contribution in [3.8, 4) is 5.75 Å². The summed E-state index contributed by atoms with van der Waals surface area (Å²) in [7, 11) is 1.75. The zero-order valence-corrected chi connectivity index (χ0v) is 12.7. The smallest absolute Gasteiger partial charge is 0.123 e. The third-order valence-corrected chi connectivity index (χ3v) is 3.89. The Kier molecular flexibility index (Phi) is 4.16. The van der Waals surface area contributed by atoms with Gasteiger partial charge in [-0.05, 0) is 30.0 Å². The van der Waals surface area contributed by atoms with Crippen molar-refractivity contribution in [1.29, 1.82) is 0 Å². The molecule has 1 aliphatic rings. The lowest BCUT2D eigenvalue weighted by atomic mass is 9.84. The third-order valence-electron chi connectivity index (χ3n) is 3.89. The molecule has 3 heteroatoms. The van der Waals surface area contributed by atoms with Crippen LogP contribution in [-0.4, -0.2) is 26.2 Å². The van der Waals surface area contributed by atoms with Crippen molar-refractivity contribution < 1.29 is 4.74 Å². The molecular weight excluding hydrogens is 236 g/mol. The number of methoxy groups -OCH3 is 1. The second kappa shape index (κ2) is 5.51. The molecule has 2 N–H and O–H groups in total. The molecule has 0 aromatic heterocycles. The van der Waals surface area contributed by atoms with Gasteiger partial charge in [0.25, 0.3) is 0 Å². The fourth-order valence-corrected chi connectivity index (χ4v) is 2.65. The largest absolute Gasteiger partial charge is 0.496 e. The number of nitrogens with one attached hydrogen (secondary N) is 2. The predicted octanol–water partition coefficient (Wildman–Crippen LogP) is 2.62. The monoisotopic (exact) mass is 262 g/mol. The van der Waals surface area contributed by atoms with Gasteiger partial charge in [0.05, 0.1) is 13.2 Å². The average molecular weight is 262 g/mol. The molecule has 1 aliphatic heterocycles. The molecule has 2 atom stereocenters. The molecule has 0 radical (unpaired) electrons. The molecule has 1 heterocycles. The minimum Gasteiger partial charge on any atom is -0.496 e. The first-order valence-electron chi connectivity index (χ1n) is 7.08. The SMILES string of the molecule is COc1ccc(C(C)(C)C)cc1C1NCCNC1C. The van der Waals surface area contributed by atoms with E-state index in [1.165, 1.54) is 11.1 Å². The number of benzene rings is 1. The molecule has 0 spiro atoms. The highest BCUT2D eigenvalue weighted by Gasteiger charge is 2.26. The van der Waals surface area contributed by atoms with Crippen molar-refractivity contribution in [2.45, 2.75) is 45.2 Å². The zero-order chi connectivity index (χ0) is 14.0. The van der Waals surface area contributed by atoms with Crippen LogP contribution in [0.4, 0.5) is 0 Å². The Balaban J connectivity index is 2.41. The van der Waals surface area contributed by atoms with Crippen LogP contribution in [0.5, 0.6) is 5.75 Å². The highest BCUT2D eigenvalue weighted by atomic mass is 16.5. The van der Waals surface area contributed by atoms with E-state index in [1.807, 2.05) is 0 Å². The second-order valence-corrected chi connectivity index (χ2v) is 6.38. The van der Waals surface area contributed by atoms with E-state index in [1.54, 1.807) is 7.11 Å². The van der Waals surface area contributed by atoms with Crippen LogP contribution in [0, 0.1) is 0 Å². The fourth-order valence-electron chi connectivity index (χ4n) is 2.65. The molecule has 19 heavy (non-hydrogen) atoms. The van der Waals surface area contributed by atoms with Crippen LogP contribution in [0.25, 0.3) is 0 Å². The van der Waals surface area contributed by atoms with Gasteiger partial charge in [0.1, 0.15) is 5.75 Å². The molecule has 0 aliphatic carbocycles. The van der Waals surface area contributed by atoms with Crippen LogP contribution in [-0.2, 0) is 5.41 Å². The van der Waals surface area contributed by atoms with Gasteiger partial charge in [-0.3, -0.25) is 0 Å². The number of hydrogen-bond acceptors (Lipinski definition) is 3. The molecule has 0 bridgehead atoms. The summed E-state index contributed by atoms with van der Waals surface area (Å²) in [5.41, 5.74) is 2.77.